The molecule has 0 bridgehead atoms. The van der Waals surface area contributed by atoms with Gasteiger partial charge in [-0.25, -0.2) is 0 Å². The Morgan fingerprint density at radius 2 is 2.18 bits per heavy atom. The lowest BCUT2D eigenvalue weighted by molar-refractivity contribution is -0.113. The Bertz CT molecular complexity index is 1030. The third kappa shape index (κ3) is 4.60. The summed E-state index contributed by atoms with van der Waals surface area (Å²) in [5.74, 6) is 0.490. The molecule has 142 valence electrons. The van der Waals surface area contributed by atoms with Crippen molar-refractivity contribution in [3.8, 4) is 17.5 Å². The maximum absolute atomic E-state index is 12.2. The van der Waals surface area contributed by atoms with Crippen molar-refractivity contribution >= 4 is 35.0 Å². The van der Waals surface area contributed by atoms with Crippen LogP contribution in [0.15, 0.2) is 47.6 Å². The number of tetrazole rings is 1. The normalized spacial score (nSPS) is 10.3. The monoisotopic (exact) mass is 414 g/mol. The number of hydrogen-bond acceptors (Lipinski definition) is 7. The quantitative estimate of drug-likeness (QED) is 0.591. The molecular weight excluding hydrogens is 400 g/mol. The number of thioether (sulfide) groups is 1. The molecule has 0 aliphatic carbocycles. The van der Waals surface area contributed by atoms with Crippen LogP contribution in [0.3, 0.4) is 0 Å². The lowest BCUT2D eigenvalue weighted by Gasteiger charge is -2.10. The van der Waals surface area contributed by atoms with Crippen LogP contribution in [0.2, 0.25) is 5.02 Å². The molecule has 8 nitrogen and oxygen atoms in total. The zero-order valence-corrected chi connectivity index (χ0v) is 16.4. The number of nitrogens with one attached hydrogen (secondary N) is 1. The Kier molecular flexibility index (Phi) is 6.47. The second-order valence-electron chi connectivity index (χ2n) is 5.42. The molecule has 0 unspecified atom stereocenters. The Hall–Kier alpha value is -3.09. The van der Waals surface area contributed by atoms with Gasteiger partial charge >= 0.3 is 0 Å². The molecule has 0 radical (unpaired) electrons. The number of rotatable bonds is 7. The second kappa shape index (κ2) is 9.21. The number of anilines is 1. The van der Waals surface area contributed by atoms with Gasteiger partial charge in [0.1, 0.15) is 17.5 Å². The maximum Gasteiger partial charge on any atom is 0.234 e. The van der Waals surface area contributed by atoms with Crippen molar-refractivity contribution in [3.63, 3.8) is 0 Å². The molecule has 1 heterocycles. The first kappa shape index (κ1) is 19.7. The molecule has 1 N–H and O–H groups in total. The highest BCUT2D eigenvalue weighted by Gasteiger charge is 2.15. The minimum absolute atomic E-state index is 0.0921. The van der Waals surface area contributed by atoms with Gasteiger partial charge in [-0.15, -0.1) is 5.10 Å². The lowest BCUT2D eigenvalue weighted by Crippen LogP contribution is -2.14. The zero-order valence-electron chi connectivity index (χ0n) is 14.8. The Balaban J connectivity index is 1.68. The summed E-state index contributed by atoms with van der Waals surface area (Å²) in [7, 11) is 0. The summed E-state index contributed by atoms with van der Waals surface area (Å²) in [6, 6.07) is 14.1. The molecule has 0 spiro atoms. The molecule has 2 aromatic carbocycles. The number of ether oxygens (including phenoxy) is 1. The van der Waals surface area contributed by atoms with Gasteiger partial charge in [-0.1, -0.05) is 35.5 Å². The number of amides is 1. The fourth-order valence-corrected chi connectivity index (χ4v) is 3.25. The SMILES string of the molecule is CCOc1ccccc1-n1nnnc1SCC(=O)Nc1ccc(C#N)c(Cl)c1. The van der Waals surface area contributed by atoms with Crippen molar-refractivity contribution in [2.45, 2.75) is 12.1 Å². The summed E-state index contributed by atoms with van der Waals surface area (Å²) in [6.07, 6.45) is 0. The first-order valence-corrected chi connectivity index (χ1v) is 9.61. The van der Waals surface area contributed by atoms with E-state index in [0.29, 0.717) is 34.5 Å². The van der Waals surface area contributed by atoms with Gasteiger partial charge in [-0.2, -0.15) is 9.94 Å². The first-order valence-electron chi connectivity index (χ1n) is 8.25. The van der Waals surface area contributed by atoms with E-state index in [1.54, 1.807) is 12.1 Å². The largest absolute Gasteiger partial charge is 0.492 e. The van der Waals surface area contributed by atoms with E-state index in [1.165, 1.54) is 22.5 Å². The molecule has 0 saturated carbocycles. The van der Waals surface area contributed by atoms with Crippen LogP contribution in [-0.2, 0) is 4.79 Å². The molecule has 28 heavy (non-hydrogen) atoms. The van der Waals surface area contributed by atoms with Gasteiger partial charge in [-0.3, -0.25) is 4.79 Å². The average molecular weight is 415 g/mol. The fraction of sp³-hybridized carbons (Fsp3) is 0.167. The summed E-state index contributed by atoms with van der Waals surface area (Å²) < 4.78 is 7.14. The van der Waals surface area contributed by atoms with Crippen molar-refractivity contribution in [2.75, 3.05) is 17.7 Å². The third-order valence-corrected chi connectivity index (χ3v) is 4.77. The highest BCUT2D eigenvalue weighted by molar-refractivity contribution is 7.99. The highest BCUT2D eigenvalue weighted by Crippen LogP contribution is 2.26. The number of carbonyl (C=O) groups excluding carboxylic acids is 1. The number of hydrogen-bond donors (Lipinski definition) is 1. The summed E-state index contributed by atoms with van der Waals surface area (Å²) in [5.41, 5.74) is 1.55. The van der Waals surface area contributed by atoms with Gasteiger partial charge in [0.2, 0.25) is 11.1 Å². The molecule has 1 amide bonds. The van der Waals surface area contributed by atoms with Crippen LogP contribution in [-0.4, -0.2) is 38.5 Å². The highest BCUT2D eigenvalue weighted by atomic mass is 35.5. The van der Waals surface area contributed by atoms with Crippen LogP contribution in [0.25, 0.3) is 5.69 Å². The van der Waals surface area contributed by atoms with Crippen molar-refractivity contribution < 1.29 is 9.53 Å². The predicted octanol–water partition coefficient (Wildman–Crippen LogP) is 3.32. The second-order valence-corrected chi connectivity index (χ2v) is 6.77. The van der Waals surface area contributed by atoms with E-state index < -0.39 is 0 Å². The van der Waals surface area contributed by atoms with Crippen molar-refractivity contribution in [2.24, 2.45) is 0 Å². The number of halogens is 1. The van der Waals surface area contributed by atoms with Gasteiger partial charge < -0.3 is 10.1 Å². The van der Waals surface area contributed by atoms with Gasteiger partial charge in [0.25, 0.3) is 0 Å². The van der Waals surface area contributed by atoms with Gasteiger partial charge in [-0.05, 0) is 47.7 Å². The van der Waals surface area contributed by atoms with Crippen molar-refractivity contribution in [1.82, 2.24) is 20.2 Å². The van der Waals surface area contributed by atoms with E-state index in [9.17, 15) is 4.79 Å². The molecule has 10 heteroatoms. The van der Waals surface area contributed by atoms with E-state index in [0.717, 1.165) is 0 Å². The predicted molar refractivity (Wildman–Crippen MR) is 106 cm³/mol. The average Bonchev–Trinajstić information content (AvgIpc) is 3.16. The molecule has 0 fully saturated rings. The van der Waals surface area contributed by atoms with Crippen molar-refractivity contribution in [1.29, 1.82) is 5.26 Å². The molecule has 0 aliphatic rings. The van der Waals surface area contributed by atoms with Gasteiger partial charge in [0, 0.05) is 5.69 Å². The summed E-state index contributed by atoms with van der Waals surface area (Å²) >= 11 is 7.17. The van der Waals surface area contributed by atoms with E-state index in [-0.39, 0.29) is 16.7 Å². The Labute approximate surface area is 170 Å². The molecule has 1 aromatic heterocycles. The maximum atomic E-state index is 12.2. The topological polar surface area (TPSA) is 106 Å². The molecule has 0 atom stereocenters. The van der Waals surface area contributed by atoms with Crippen molar-refractivity contribution in [3.05, 3.63) is 53.1 Å². The third-order valence-electron chi connectivity index (χ3n) is 3.54. The Morgan fingerprint density at radius 3 is 2.93 bits per heavy atom. The van der Waals surface area contributed by atoms with E-state index >= 15 is 0 Å². The van der Waals surface area contributed by atoms with Crippen LogP contribution in [0.4, 0.5) is 5.69 Å². The number of para-hydroxylation sites is 2. The number of aromatic nitrogens is 4. The molecule has 0 saturated heterocycles. The fourth-order valence-electron chi connectivity index (χ4n) is 2.34. The minimum Gasteiger partial charge on any atom is -0.492 e. The summed E-state index contributed by atoms with van der Waals surface area (Å²) in [6.45, 7) is 2.41. The van der Waals surface area contributed by atoms with Gasteiger partial charge in [0.15, 0.2) is 0 Å². The Morgan fingerprint density at radius 1 is 1.36 bits per heavy atom. The molecular formula is C18H15ClN6O2S. The molecule has 3 rings (SSSR count). The van der Waals surface area contributed by atoms with E-state index in [2.05, 4.69) is 20.8 Å². The number of carbonyl (C=O) groups is 1. The van der Waals surface area contributed by atoms with Gasteiger partial charge in [0.05, 0.1) is 22.9 Å². The number of nitriles is 1. The zero-order chi connectivity index (χ0) is 19.9. The molecule has 3 aromatic rings. The van der Waals surface area contributed by atoms with Crippen LogP contribution >= 0.6 is 23.4 Å². The number of nitrogens with zero attached hydrogens (tertiary/aromatic N) is 5. The minimum atomic E-state index is -0.251. The standard InChI is InChI=1S/C18H15ClN6O2S/c1-2-27-16-6-4-3-5-15(16)25-18(22-23-24-25)28-11-17(26)21-13-8-7-12(10-20)14(19)9-13/h3-9H,2,11H2,1H3,(H,21,26). The van der Waals surface area contributed by atoms with Crippen LogP contribution < -0.4 is 10.1 Å². The van der Waals surface area contributed by atoms with Crippen LogP contribution in [0, 0.1) is 11.3 Å². The summed E-state index contributed by atoms with van der Waals surface area (Å²) in [4.78, 5) is 12.2. The van der Waals surface area contributed by atoms with Crippen LogP contribution in [0.5, 0.6) is 5.75 Å². The molecule has 0 aliphatic heterocycles. The summed E-state index contributed by atoms with van der Waals surface area (Å²) in [5, 5.41) is 24.0. The lowest BCUT2D eigenvalue weighted by atomic mass is 10.2. The number of benzene rings is 2. The first-order chi connectivity index (χ1) is 13.6. The van der Waals surface area contributed by atoms with E-state index in [1.807, 2.05) is 37.3 Å². The van der Waals surface area contributed by atoms with E-state index in [4.69, 9.17) is 21.6 Å². The van der Waals surface area contributed by atoms with Crippen LogP contribution in [0.1, 0.15) is 12.5 Å². The smallest absolute Gasteiger partial charge is 0.234 e.